The van der Waals surface area contributed by atoms with E-state index in [2.05, 4.69) is 40.0 Å². The fourth-order valence-corrected chi connectivity index (χ4v) is 4.08. The van der Waals surface area contributed by atoms with Gasteiger partial charge in [-0.05, 0) is 31.5 Å². The summed E-state index contributed by atoms with van der Waals surface area (Å²) in [6, 6.07) is 8.25. The van der Waals surface area contributed by atoms with Crippen LogP contribution < -0.4 is 5.32 Å². The summed E-state index contributed by atoms with van der Waals surface area (Å²) in [7, 11) is 2.08. The van der Waals surface area contributed by atoms with Crippen LogP contribution in [-0.4, -0.2) is 64.5 Å². The smallest absolute Gasteiger partial charge is 0.227 e. The summed E-state index contributed by atoms with van der Waals surface area (Å²) in [5.74, 6) is 1.56. The summed E-state index contributed by atoms with van der Waals surface area (Å²) >= 11 is 0. The Balaban J connectivity index is 1.43. The van der Waals surface area contributed by atoms with Crippen molar-refractivity contribution in [2.24, 2.45) is 13.0 Å². The minimum Gasteiger partial charge on any atom is -0.340 e. The molecule has 2 saturated heterocycles. The maximum absolute atomic E-state index is 12.8. The van der Waals surface area contributed by atoms with Crippen molar-refractivity contribution in [3.05, 3.63) is 30.1 Å². The van der Waals surface area contributed by atoms with Crippen molar-refractivity contribution < 1.29 is 4.79 Å². The lowest BCUT2D eigenvalue weighted by atomic mass is 9.96. The van der Waals surface area contributed by atoms with Gasteiger partial charge < -0.3 is 14.8 Å². The van der Waals surface area contributed by atoms with E-state index in [-0.39, 0.29) is 5.92 Å². The molecule has 1 aromatic carbocycles. The van der Waals surface area contributed by atoms with Gasteiger partial charge in [-0.1, -0.05) is 12.1 Å². The molecule has 25 heavy (non-hydrogen) atoms. The van der Waals surface area contributed by atoms with Crippen molar-refractivity contribution in [2.45, 2.75) is 19.4 Å². The molecule has 0 radical (unpaired) electrons. The van der Waals surface area contributed by atoms with Gasteiger partial charge in [-0.25, -0.2) is 4.98 Å². The Hall–Kier alpha value is -1.92. The van der Waals surface area contributed by atoms with Gasteiger partial charge in [0, 0.05) is 39.8 Å². The number of para-hydroxylation sites is 2. The average Bonchev–Trinajstić information content (AvgIpc) is 2.98. The second-order valence-electron chi connectivity index (χ2n) is 7.23. The van der Waals surface area contributed by atoms with E-state index in [4.69, 9.17) is 4.98 Å². The highest BCUT2D eigenvalue weighted by atomic mass is 16.2. The van der Waals surface area contributed by atoms with Gasteiger partial charge in [0.25, 0.3) is 0 Å². The number of hydrogen-bond acceptors (Lipinski definition) is 4. The van der Waals surface area contributed by atoms with Crippen LogP contribution in [0.5, 0.6) is 0 Å². The molecule has 4 rings (SSSR count). The fraction of sp³-hybridized carbons (Fsp3) is 0.579. The predicted octanol–water partition coefficient (Wildman–Crippen LogP) is 1.22. The molecule has 1 atom stereocenters. The molecule has 2 fully saturated rings. The molecule has 2 aliphatic heterocycles. The van der Waals surface area contributed by atoms with Gasteiger partial charge in [0.2, 0.25) is 5.91 Å². The molecular formula is C19H27N5O. The number of aryl methyl sites for hydroxylation is 1. The molecule has 1 amide bonds. The third kappa shape index (κ3) is 3.41. The van der Waals surface area contributed by atoms with Gasteiger partial charge in [0.1, 0.15) is 5.82 Å². The van der Waals surface area contributed by atoms with E-state index in [1.54, 1.807) is 0 Å². The summed E-state index contributed by atoms with van der Waals surface area (Å²) in [5.41, 5.74) is 2.22. The molecule has 0 bridgehead atoms. The van der Waals surface area contributed by atoms with Crippen molar-refractivity contribution in [1.29, 1.82) is 0 Å². The number of aromatic nitrogens is 2. The molecule has 6 nitrogen and oxygen atoms in total. The Morgan fingerprint density at radius 1 is 1.24 bits per heavy atom. The minimum absolute atomic E-state index is 0.140. The SMILES string of the molecule is Cn1c(CN2CCC[C@@H](C(=O)N3CCNCC3)C2)nc2ccccc21. The molecule has 0 spiro atoms. The average molecular weight is 341 g/mol. The van der Waals surface area contributed by atoms with Crippen LogP contribution in [0.25, 0.3) is 11.0 Å². The zero-order valence-electron chi connectivity index (χ0n) is 14.9. The van der Waals surface area contributed by atoms with Gasteiger partial charge in [0.05, 0.1) is 23.5 Å². The van der Waals surface area contributed by atoms with E-state index < -0.39 is 0 Å². The van der Waals surface area contributed by atoms with Gasteiger partial charge in [-0.2, -0.15) is 0 Å². The van der Waals surface area contributed by atoms with Crippen LogP contribution in [-0.2, 0) is 18.4 Å². The van der Waals surface area contributed by atoms with Crippen LogP contribution in [0.3, 0.4) is 0 Å². The lowest BCUT2D eigenvalue weighted by Gasteiger charge is -2.36. The van der Waals surface area contributed by atoms with Crippen molar-refractivity contribution >= 4 is 16.9 Å². The van der Waals surface area contributed by atoms with E-state index >= 15 is 0 Å². The molecule has 2 aromatic rings. The number of carbonyl (C=O) groups is 1. The van der Waals surface area contributed by atoms with E-state index in [1.807, 2.05) is 11.0 Å². The monoisotopic (exact) mass is 341 g/mol. The van der Waals surface area contributed by atoms with Crippen LogP contribution in [0.1, 0.15) is 18.7 Å². The second kappa shape index (κ2) is 7.14. The highest BCUT2D eigenvalue weighted by Gasteiger charge is 2.30. The summed E-state index contributed by atoms with van der Waals surface area (Å²) in [5, 5.41) is 3.32. The number of rotatable bonds is 3. The maximum Gasteiger partial charge on any atom is 0.227 e. The number of nitrogens with one attached hydrogen (secondary N) is 1. The molecule has 134 valence electrons. The molecule has 1 N–H and O–H groups in total. The molecule has 0 saturated carbocycles. The Morgan fingerprint density at radius 2 is 2.04 bits per heavy atom. The highest BCUT2D eigenvalue weighted by molar-refractivity contribution is 5.79. The summed E-state index contributed by atoms with van der Waals surface area (Å²) in [6.07, 6.45) is 2.11. The molecule has 0 unspecified atom stereocenters. The third-order valence-electron chi connectivity index (χ3n) is 5.53. The van der Waals surface area contributed by atoms with Gasteiger partial charge in [-0.3, -0.25) is 9.69 Å². The number of amides is 1. The zero-order chi connectivity index (χ0) is 17.2. The van der Waals surface area contributed by atoms with Crippen LogP contribution in [0, 0.1) is 5.92 Å². The number of likely N-dealkylation sites (tertiary alicyclic amines) is 1. The number of carbonyl (C=O) groups excluding carboxylic acids is 1. The lowest BCUT2D eigenvalue weighted by Crippen LogP contribution is -2.51. The minimum atomic E-state index is 0.140. The number of fused-ring (bicyclic) bond motifs is 1. The predicted molar refractivity (Wildman–Crippen MR) is 98.2 cm³/mol. The Bertz CT molecular complexity index is 749. The summed E-state index contributed by atoms with van der Waals surface area (Å²) in [4.78, 5) is 22.0. The van der Waals surface area contributed by atoms with Crippen LogP contribution in [0.15, 0.2) is 24.3 Å². The largest absolute Gasteiger partial charge is 0.340 e. The first-order valence-corrected chi connectivity index (χ1v) is 9.34. The molecule has 2 aliphatic rings. The number of imidazole rings is 1. The van der Waals surface area contributed by atoms with Crippen molar-refractivity contribution in [3.8, 4) is 0 Å². The Labute approximate surface area is 148 Å². The zero-order valence-corrected chi connectivity index (χ0v) is 14.9. The normalized spacial score (nSPS) is 22.4. The lowest BCUT2D eigenvalue weighted by molar-refractivity contribution is -0.138. The van der Waals surface area contributed by atoms with Crippen LogP contribution in [0.4, 0.5) is 0 Å². The maximum atomic E-state index is 12.8. The topological polar surface area (TPSA) is 53.4 Å². The molecule has 1 aromatic heterocycles. The van der Waals surface area contributed by atoms with Gasteiger partial charge in [-0.15, -0.1) is 0 Å². The standard InChI is InChI=1S/C19H27N5O/c1-22-17-7-3-2-6-16(17)21-18(22)14-23-10-4-5-15(13-23)19(25)24-11-8-20-9-12-24/h2-3,6-7,15,20H,4-5,8-14H2,1H3/t15-/m1/s1. The quantitative estimate of drug-likeness (QED) is 0.912. The van der Waals surface area contributed by atoms with E-state index in [0.717, 1.165) is 70.0 Å². The van der Waals surface area contributed by atoms with Crippen molar-refractivity contribution in [1.82, 2.24) is 24.7 Å². The van der Waals surface area contributed by atoms with E-state index in [1.165, 1.54) is 5.52 Å². The number of piperazine rings is 1. The summed E-state index contributed by atoms with van der Waals surface area (Å²) in [6.45, 7) is 6.25. The molecular weight excluding hydrogens is 314 g/mol. The molecule has 3 heterocycles. The number of hydrogen-bond donors (Lipinski definition) is 1. The van der Waals surface area contributed by atoms with Crippen molar-refractivity contribution in [3.63, 3.8) is 0 Å². The first-order valence-electron chi connectivity index (χ1n) is 9.34. The summed E-state index contributed by atoms with van der Waals surface area (Å²) < 4.78 is 2.18. The molecule has 0 aliphatic carbocycles. The fourth-order valence-electron chi connectivity index (χ4n) is 4.08. The first-order chi connectivity index (χ1) is 12.2. The Morgan fingerprint density at radius 3 is 2.84 bits per heavy atom. The highest BCUT2D eigenvalue weighted by Crippen LogP contribution is 2.22. The van der Waals surface area contributed by atoms with E-state index in [9.17, 15) is 4.79 Å². The van der Waals surface area contributed by atoms with Crippen LogP contribution in [0.2, 0.25) is 0 Å². The van der Waals surface area contributed by atoms with Gasteiger partial charge in [0.15, 0.2) is 0 Å². The number of nitrogens with zero attached hydrogens (tertiary/aromatic N) is 4. The van der Waals surface area contributed by atoms with E-state index in [0.29, 0.717) is 5.91 Å². The Kier molecular flexibility index (Phi) is 4.72. The first kappa shape index (κ1) is 16.5. The van der Waals surface area contributed by atoms with Gasteiger partial charge >= 0.3 is 0 Å². The van der Waals surface area contributed by atoms with Crippen molar-refractivity contribution in [2.75, 3.05) is 39.3 Å². The third-order valence-corrected chi connectivity index (χ3v) is 5.53. The van der Waals surface area contributed by atoms with Crippen LogP contribution >= 0.6 is 0 Å². The second-order valence-corrected chi connectivity index (χ2v) is 7.23. The molecule has 6 heteroatoms. The number of benzene rings is 1. The number of piperidine rings is 1.